The van der Waals surface area contributed by atoms with Crippen LogP contribution in [0.1, 0.15) is 36.1 Å². The normalized spacial score (nSPS) is 19.7. The Hall–Kier alpha value is -2.62. The van der Waals surface area contributed by atoms with Gasteiger partial charge in [0.15, 0.2) is 0 Å². The Labute approximate surface area is 241 Å². The molecule has 192 valence electrons. The predicted octanol–water partition coefficient (Wildman–Crippen LogP) is 11.1. The highest BCUT2D eigenvalue weighted by Gasteiger charge is 2.49. The molecule has 4 aromatic rings. The van der Waals surface area contributed by atoms with Crippen molar-refractivity contribution >= 4 is 63.1 Å². The van der Waals surface area contributed by atoms with Crippen molar-refractivity contribution in [1.29, 1.82) is 0 Å². The Bertz CT molecular complexity index is 1570. The molecule has 38 heavy (non-hydrogen) atoms. The molecule has 0 nitrogen and oxygen atoms in total. The van der Waals surface area contributed by atoms with Crippen molar-refractivity contribution in [2.45, 2.75) is 18.7 Å². The van der Waals surface area contributed by atoms with E-state index in [0.29, 0.717) is 43.5 Å². The first-order chi connectivity index (χ1) is 18.2. The first-order valence-corrected chi connectivity index (χ1v) is 13.5. The zero-order valence-corrected chi connectivity index (χ0v) is 23.5. The van der Waals surface area contributed by atoms with Gasteiger partial charge in [0.25, 0.3) is 0 Å². The molecule has 5 rings (SSSR count). The van der Waals surface area contributed by atoms with Crippen LogP contribution in [-0.2, 0) is 4.87 Å². The molecule has 0 heterocycles. The van der Waals surface area contributed by atoms with E-state index in [9.17, 15) is 0 Å². The maximum absolute atomic E-state index is 15.7. The lowest BCUT2D eigenvalue weighted by Gasteiger charge is -2.44. The standard InChI is InChI=1S/C32H22Cl4F2/c1-18-27(20-10-4-3-5-11-20)29(21-12-6-7-16-25(21)37)28(30-22(33)13-9-17-26(30)38)19(2)32(18,36)31-23(34)14-8-15-24(31)35/h3-17,19H,1-2H3. The Morgan fingerprint density at radius 3 is 1.84 bits per heavy atom. The van der Waals surface area contributed by atoms with Crippen LogP contribution in [0.5, 0.6) is 0 Å². The second-order valence-corrected chi connectivity index (χ2v) is 11.1. The zero-order chi connectivity index (χ0) is 27.2. The summed E-state index contributed by atoms with van der Waals surface area (Å²) in [6, 6.07) is 25.6. The second kappa shape index (κ2) is 10.5. The summed E-state index contributed by atoms with van der Waals surface area (Å²) in [5.74, 6) is -1.61. The minimum absolute atomic E-state index is 0.161. The van der Waals surface area contributed by atoms with Crippen molar-refractivity contribution in [3.05, 3.63) is 146 Å². The predicted molar refractivity (Wildman–Crippen MR) is 157 cm³/mol. The van der Waals surface area contributed by atoms with E-state index in [4.69, 9.17) is 46.4 Å². The van der Waals surface area contributed by atoms with Crippen LogP contribution in [0.25, 0.3) is 16.7 Å². The van der Waals surface area contributed by atoms with E-state index in [-0.39, 0.29) is 10.6 Å². The van der Waals surface area contributed by atoms with Crippen LogP contribution < -0.4 is 0 Å². The number of halogens is 6. The zero-order valence-electron chi connectivity index (χ0n) is 20.5. The smallest absolute Gasteiger partial charge is 0.132 e. The monoisotopic (exact) mass is 584 g/mol. The fraction of sp³-hybridized carbons (Fsp3) is 0.125. The highest BCUT2D eigenvalue weighted by Crippen LogP contribution is 2.61. The molecule has 0 aliphatic heterocycles. The molecule has 0 aromatic heterocycles. The molecule has 0 N–H and O–H groups in total. The molecule has 2 unspecified atom stereocenters. The number of hydrogen-bond acceptors (Lipinski definition) is 0. The molecule has 0 bridgehead atoms. The van der Waals surface area contributed by atoms with E-state index in [2.05, 4.69) is 0 Å². The highest BCUT2D eigenvalue weighted by molar-refractivity contribution is 6.40. The van der Waals surface area contributed by atoms with Crippen molar-refractivity contribution in [2.75, 3.05) is 0 Å². The van der Waals surface area contributed by atoms with E-state index in [1.807, 2.05) is 44.2 Å². The van der Waals surface area contributed by atoms with Gasteiger partial charge in [-0.05, 0) is 65.1 Å². The first-order valence-electron chi connectivity index (χ1n) is 12.0. The Morgan fingerprint density at radius 2 is 1.21 bits per heavy atom. The van der Waals surface area contributed by atoms with Crippen LogP contribution in [0, 0.1) is 17.6 Å². The van der Waals surface area contributed by atoms with Crippen LogP contribution >= 0.6 is 46.4 Å². The van der Waals surface area contributed by atoms with Gasteiger partial charge in [-0.25, -0.2) is 8.78 Å². The highest BCUT2D eigenvalue weighted by atomic mass is 35.5. The lowest BCUT2D eigenvalue weighted by Crippen LogP contribution is -2.35. The summed E-state index contributed by atoms with van der Waals surface area (Å²) in [4.78, 5) is -1.31. The number of rotatable bonds is 4. The molecular formula is C32H22Cl4F2. The van der Waals surface area contributed by atoms with Crippen LogP contribution in [0.4, 0.5) is 8.78 Å². The van der Waals surface area contributed by atoms with Gasteiger partial charge in [0.1, 0.15) is 16.5 Å². The maximum Gasteiger partial charge on any atom is 0.132 e. The van der Waals surface area contributed by atoms with Gasteiger partial charge in [0, 0.05) is 32.7 Å². The molecule has 1 aliphatic carbocycles. The Morgan fingerprint density at radius 1 is 0.658 bits per heavy atom. The van der Waals surface area contributed by atoms with Gasteiger partial charge in [-0.3, -0.25) is 0 Å². The third-order valence-corrected chi connectivity index (χ3v) is 8.98. The lowest BCUT2D eigenvalue weighted by molar-refractivity contribution is 0.554. The summed E-state index contributed by atoms with van der Waals surface area (Å²) >= 11 is 27.8. The minimum atomic E-state index is -1.31. The van der Waals surface area contributed by atoms with Gasteiger partial charge in [0.2, 0.25) is 0 Å². The third kappa shape index (κ3) is 4.28. The quantitative estimate of drug-likeness (QED) is 0.209. The van der Waals surface area contributed by atoms with E-state index in [1.54, 1.807) is 42.5 Å². The maximum atomic E-state index is 15.7. The van der Waals surface area contributed by atoms with Gasteiger partial charge in [-0.15, -0.1) is 11.6 Å². The largest absolute Gasteiger partial charge is 0.206 e. The van der Waals surface area contributed by atoms with E-state index >= 15 is 8.78 Å². The molecule has 0 amide bonds. The minimum Gasteiger partial charge on any atom is -0.206 e. The molecule has 1 aliphatic rings. The number of allylic oxidation sites excluding steroid dienone is 4. The fourth-order valence-electron chi connectivity index (χ4n) is 5.50. The van der Waals surface area contributed by atoms with Crippen molar-refractivity contribution in [1.82, 2.24) is 0 Å². The van der Waals surface area contributed by atoms with Gasteiger partial charge in [-0.1, -0.05) is 102 Å². The van der Waals surface area contributed by atoms with E-state index < -0.39 is 22.4 Å². The number of benzene rings is 4. The van der Waals surface area contributed by atoms with Crippen LogP contribution in [0.3, 0.4) is 0 Å². The summed E-state index contributed by atoms with van der Waals surface area (Å²) in [7, 11) is 0. The Kier molecular flexibility index (Phi) is 7.46. The molecule has 0 saturated carbocycles. The second-order valence-electron chi connectivity index (χ2n) is 9.26. The molecule has 0 spiro atoms. The molecular weight excluding hydrogens is 564 g/mol. The molecule has 0 fully saturated rings. The molecule has 4 aromatic carbocycles. The molecule has 0 saturated heterocycles. The number of hydrogen-bond donors (Lipinski definition) is 0. The van der Waals surface area contributed by atoms with E-state index in [1.165, 1.54) is 18.2 Å². The van der Waals surface area contributed by atoms with Crippen LogP contribution in [-0.4, -0.2) is 0 Å². The van der Waals surface area contributed by atoms with Crippen molar-refractivity contribution in [3.8, 4) is 0 Å². The van der Waals surface area contributed by atoms with Crippen molar-refractivity contribution in [2.24, 2.45) is 5.92 Å². The lowest BCUT2D eigenvalue weighted by atomic mass is 9.65. The van der Waals surface area contributed by atoms with Crippen molar-refractivity contribution in [3.63, 3.8) is 0 Å². The summed E-state index contributed by atoms with van der Waals surface area (Å²) < 4.78 is 31.3. The third-order valence-electron chi connectivity index (χ3n) is 7.23. The van der Waals surface area contributed by atoms with E-state index in [0.717, 1.165) is 5.56 Å². The SMILES string of the molecule is CC1=C(c2ccccc2)C(c2ccccc2F)=C(c2c(F)cccc2Cl)C(C)C1(Cl)c1c(Cl)cccc1Cl. The fourth-order valence-corrected chi connectivity index (χ4v) is 6.96. The van der Waals surface area contributed by atoms with Crippen LogP contribution in [0.2, 0.25) is 15.1 Å². The average Bonchev–Trinajstić information content (AvgIpc) is 2.89. The Balaban J connectivity index is 2.02. The summed E-state index contributed by atoms with van der Waals surface area (Å²) in [5.41, 5.74) is 4.12. The number of alkyl halides is 1. The topological polar surface area (TPSA) is 0 Å². The molecule has 2 atom stereocenters. The molecule has 6 heteroatoms. The average molecular weight is 586 g/mol. The van der Waals surface area contributed by atoms with Gasteiger partial charge >= 0.3 is 0 Å². The van der Waals surface area contributed by atoms with Crippen LogP contribution in [0.15, 0.2) is 96.6 Å². The summed E-state index contributed by atoms with van der Waals surface area (Å²) in [6.45, 7) is 3.77. The van der Waals surface area contributed by atoms with Crippen molar-refractivity contribution < 1.29 is 8.78 Å². The first kappa shape index (κ1) is 27.0. The molecule has 0 radical (unpaired) electrons. The summed E-state index contributed by atoms with van der Waals surface area (Å²) in [5, 5.41) is 0.941. The van der Waals surface area contributed by atoms with Gasteiger partial charge in [-0.2, -0.15) is 0 Å². The van der Waals surface area contributed by atoms with Gasteiger partial charge in [0.05, 0.1) is 5.02 Å². The summed E-state index contributed by atoms with van der Waals surface area (Å²) in [6.07, 6.45) is 0. The van der Waals surface area contributed by atoms with Gasteiger partial charge < -0.3 is 0 Å².